The molecule has 0 saturated carbocycles. The van der Waals surface area contributed by atoms with Gasteiger partial charge in [0.2, 0.25) is 0 Å². The van der Waals surface area contributed by atoms with E-state index < -0.39 is 28.1 Å². The van der Waals surface area contributed by atoms with E-state index in [-0.39, 0.29) is 11.3 Å². The van der Waals surface area contributed by atoms with E-state index in [0.29, 0.717) is 0 Å². The zero-order valence-corrected chi connectivity index (χ0v) is 11.1. The molecule has 0 amide bonds. The second-order valence-electron chi connectivity index (χ2n) is 3.75. The average molecular weight is 286 g/mol. The fraction of sp³-hybridized carbons (Fsp3) is 0.250. The number of para-hydroxylation sites is 1. The zero-order chi connectivity index (χ0) is 14.5. The van der Waals surface area contributed by atoms with Crippen molar-refractivity contribution >= 4 is 16.1 Å². The molecule has 0 heterocycles. The Balaban J connectivity index is 2.74. The van der Waals surface area contributed by atoms with Crippen LogP contribution in [0.15, 0.2) is 42.5 Å². The lowest BCUT2D eigenvalue weighted by molar-refractivity contribution is -0.140. The molecular formula is C12H14O6S. The number of carbonyl (C=O) groups is 1. The molecule has 6 nitrogen and oxygen atoms in total. The van der Waals surface area contributed by atoms with Gasteiger partial charge in [-0.25, -0.2) is 4.79 Å². The normalized spacial score (nSPS) is 12.5. The van der Waals surface area contributed by atoms with Gasteiger partial charge >= 0.3 is 16.1 Å². The summed E-state index contributed by atoms with van der Waals surface area (Å²) in [6.45, 7) is 4.15. The molecule has 19 heavy (non-hydrogen) atoms. The van der Waals surface area contributed by atoms with Gasteiger partial charge in [0.05, 0.1) is 0 Å². The topological polar surface area (TPSA) is 89.9 Å². The standard InChI is InChI=1S/C12H14O6S/c1-9(2)12(13)17-8-11(19(14,15)16)18-10-6-4-3-5-7-10/h3-7,11H,1,8H2,2H3,(H,14,15,16). The second-order valence-corrected chi connectivity index (χ2v) is 5.31. The van der Waals surface area contributed by atoms with Gasteiger partial charge in [-0.1, -0.05) is 24.8 Å². The van der Waals surface area contributed by atoms with Gasteiger partial charge in [0.25, 0.3) is 5.44 Å². The van der Waals surface area contributed by atoms with Gasteiger partial charge in [-0.2, -0.15) is 8.42 Å². The first-order valence-electron chi connectivity index (χ1n) is 5.31. The molecule has 0 bridgehead atoms. The smallest absolute Gasteiger partial charge is 0.333 e. The zero-order valence-electron chi connectivity index (χ0n) is 10.3. The summed E-state index contributed by atoms with van der Waals surface area (Å²) in [6.07, 6.45) is 0. The number of hydrogen-bond acceptors (Lipinski definition) is 5. The monoisotopic (exact) mass is 286 g/mol. The lowest BCUT2D eigenvalue weighted by atomic mass is 10.3. The van der Waals surface area contributed by atoms with Crippen LogP contribution in [0.25, 0.3) is 0 Å². The van der Waals surface area contributed by atoms with Crippen molar-refractivity contribution in [1.29, 1.82) is 0 Å². The highest BCUT2D eigenvalue weighted by atomic mass is 32.2. The quantitative estimate of drug-likeness (QED) is 0.483. The molecule has 1 atom stereocenters. The number of rotatable bonds is 6. The van der Waals surface area contributed by atoms with E-state index >= 15 is 0 Å². The largest absolute Gasteiger partial charge is 0.468 e. The molecule has 7 heteroatoms. The molecule has 0 aliphatic carbocycles. The molecule has 1 aromatic carbocycles. The number of esters is 1. The van der Waals surface area contributed by atoms with Crippen molar-refractivity contribution in [2.24, 2.45) is 0 Å². The molecule has 1 aromatic rings. The maximum Gasteiger partial charge on any atom is 0.333 e. The third-order valence-electron chi connectivity index (χ3n) is 2.04. The minimum Gasteiger partial charge on any atom is -0.468 e. The van der Waals surface area contributed by atoms with Crippen LogP contribution in [0.5, 0.6) is 5.75 Å². The van der Waals surface area contributed by atoms with Crippen molar-refractivity contribution in [1.82, 2.24) is 0 Å². The molecule has 1 N–H and O–H groups in total. The van der Waals surface area contributed by atoms with Gasteiger partial charge < -0.3 is 9.47 Å². The van der Waals surface area contributed by atoms with Crippen molar-refractivity contribution in [2.75, 3.05) is 6.61 Å². The summed E-state index contributed by atoms with van der Waals surface area (Å²) in [5.41, 5.74) is -1.56. The van der Waals surface area contributed by atoms with Crippen LogP contribution in [-0.4, -0.2) is 31.0 Å². The molecule has 0 saturated heterocycles. The SMILES string of the molecule is C=C(C)C(=O)OCC(Oc1ccccc1)S(=O)(=O)O. The summed E-state index contributed by atoms with van der Waals surface area (Å²) in [6, 6.07) is 8.01. The van der Waals surface area contributed by atoms with Crippen LogP contribution in [0, 0.1) is 0 Å². The van der Waals surface area contributed by atoms with Crippen LogP contribution < -0.4 is 4.74 Å². The first-order valence-corrected chi connectivity index (χ1v) is 6.81. The summed E-state index contributed by atoms with van der Waals surface area (Å²) in [4.78, 5) is 11.2. The number of hydrogen-bond donors (Lipinski definition) is 1. The van der Waals surface area contributed by atoms with Gasteiger partial charge in [0, 0.05) is 5.57 Å². The van der Waals surface area contributed by atoms with Gasteiger partial charge in [-0.3, -0.25) is 4.55 Å². The first-order chi connectivity index (χ1) is 8.80. The molecule has 0 aliphatic rings. The van der Waals surface area contributed by atoms with E-state index in [1.54, 1.807) is 18.2 Å². The Morgan fingerprint density at radius 3 is 2.42 bits per heavy atom. The van der Waals surface area contributed by atoms with Crippen molar-refractivity contribution < 1.29 is 27.2 Å². The number of carbonyl (C=O) groups excluding carboxylic acids is 1. The summed E-state index contributed by atoms with van der Waals surface area (Å²) >= 11 is 0. The summed E-state index contributed by atoms with van der Waals surface area (Å²) in [5, 5.41) is 0. The van der Waals surface area contributed by atoms with Crippen LogP contribution in [0.3, 0.4) is 0 Å². The maximum absolute atomic E-state index is 11.2. The summed E-state index contributed by atoms with van der Waals surface area (Å²) in [7, 11) is -4.51. The minimum absolute atomic E-state index is 0.119. The van der Waals surface area contributed by atoms with E-state index in [1.165, 1.54) is 19.1 Å². The van der Waals surface area contributed by atoms with Gasteiger partial charge in [-0.15, -0.1) is 0 Å². The van der Waals surface area contributed by atoms with E-state index in [9.17, 15) is 13.2 Å². The predicted octanol–water partition coefficient (Wildman–Crippen LogP) is 1.40. The Bertz CT molecular complexity index is 549. The van der Waals surface area contributed by atoms with Crippen molar-refractivity contribution in [2.45, 2.75) is 12.4 Å². The van der Waals surface area contributed by atoms with Gasteiger partial charge in [0.1, 0.15) is 12.4 Å². The molecule has 1 unspecified atom stereocenters. The Morgan fingerprint density at radius 1 is 1.37 bits per heavy atom. The van der Waals surface area contributed by atoms with Crippen LogP contribution in [-0.2, 0) is 19.6 Å². The summed E-state index contributed by atoms with van der Waals surface area (Å²) < 4.78 is 41.0. The average Bonchev–Trinajstić information content (AvgIpc) is 2.33. The van der Waals surface area contributed by atoms with Crippen molar-refractivity contribution in [3.63, 3.8) is 0 Å². The third kappa shape index (κ3) is 5.11. The van der Waals surface area contributed by atoms with E-state index in [4.69, 9.17) is 9.29 Å². The number of ether oxygens (including phenoxy) is 2. The number of benzene rings is 1. The first kappa shape index (κ1) is 15.2. The summed E-state index contributed by atoms with van der Waals surface area (Å²) in [5.74, 6) is -0.526. The maximum atomic E-state index is 11.2. The lowest BCUT2D eigenvalue weighted by Crippen LogP contribution is -2.33. The minimum atomic E-state index is -4.51. The lowest BCUT2D eigenvalue weighted by Gasteiger charge is -2.16. The van der Waals surface area contributed by atoms with E-state index in [2.05, 4.69) is 11.3 Å². The molecule has 0 fully saturated rings. The molecule has 0 aliphatic heterocycles. The molecule has 0 aromatic heterocycles. The van der Waals surface area contributed by atoms with E-state index in [1.807, 2.05) is 0 Å². The highest BCUT2D eigenvalue weighted by Crippen LogP contribution is 2.14. The predicted molar refractivity (Wildman–Crippen MR) is 68.2 cm³/mol. The van der Waals surface area contributed by atoms with Gasteiger partial charge in [0.15, 0.2) is 0 Å². The highest BCUT2D eigenvalue weighted by molar-refractivity contribution is 7.86. The molecule has 1 rings (SSSR count). The molecule has 0 spiro atoms. The molecule has 0 radical (unpaired) electrons. The van der Waals surface area contributed by atoms with E-state index in [0.717, 1.165) is 0 Å². The fourth-order valence-electron chi connectivity index (χ4n) is 1.10. The van der Waals surface area contributed by atoms with Crippen LogP contribution in [0.1, 0.15) is 6.92 Å². The van der Waals surface area contributed by atoms with Crippen molar-refractivity contribution in [3.8, 4) is 5.75 Å². The van der Waals surface area contributed by atoms with Crippen LogP contribution >= 0.6 is 0 Å². The Hall–Kier alpha value is -1.86. The van der Waals surface area contributed by atoms with Crippen LogP contribution in [0.4, 0.5) is 0 Å². The molecule has 104 valence electrons. The molecular weight excluding hydrogens is 272 g/mol. The van der Waals surface area contributed by atoms with Crippen LogP contribution in [0.2, 0.25) is 0 Å². The second kappa shape index (κ2) is 6.35. The Kier molecular flexibility index (Phi) is 5.08. The van der Waals surface area contributed by atoms with Gasteiger partial charge in [-0.05, 0) is 19.1 Å². The van der Waals surface area contributed by atoms with Crippen molar-refractivity contribution in [3.05, 3.63) is 42.5 Å². The third-order valence-corrected chi connectivity index (χ3v) is 2.94. The Morgan fingerprint density at radius 2 is 1.95 bits per heavy atom. The Labute approximate surface area is 111 Å². The fourth-order valence-corrected chi connectivity index (χ4v) is 1.57. The highest BCUT2D eigenvalue weighted by Gasteiger charge is 2.27.